The highest BCUT2D eigenvalue weighted by atomic mass is 19.1. The van der Waals surface area contributed by atoms with Crippen LogP contribution >= 0.6 is 0 Å². The molecular weight excluding hydrogens is 283 g/mol. The van der Waals surface area contributed by atoms with Gasteiger partial charge < -0.3 is 14.5 Å². The van der Waals surface area contributed by atoms with Crippen LogP contribution in [0.25, 0.3) is 0 Å². The van der Waals surface area contributed by atoms with Gasteiger partial charge in [-0.2, -0.15) is 5.10 Å². The summed E-state index contributed by atoms with van der Waals surface area (Å²) >= 11 is 0. The maximum atomic E-state index is 13.6. The van der Waals surface area contributed by atoms with Crippen LogP contribution in [-0.2, 0) is 6.61 Å². The van der Waals surface area contributed by atoms with Crippen molar-refractivity contribution < 1.29 is 13.9 Å². The number of ether oxygens (including phenoxy) is 2. The van der Waals surface area contributed by atoms with Crippen molar-refractivity contribution in [1.29, 1.82) is 0 Å². The first-order chi connectivity index (χ1) is 10.6. The van der Waals surface area contributed by atoms with Gasteiger partial charge in [-0.15, -0.1) is 0 Å². The van der Waals surface area contributed by atoms with Crippen LogP contribution in [0.2, 0.25) is 0 Å². The molecule has 0 N–H and O–H groups in total. The van der Waals surface area contributed by atoms with Crippen LogP contribution < -0.4 is 9.47 Å². The Bertz CT molecular complexity index is 657. The highest BCUT2D eigenvalue weighted by Gasteiger charge is 2.07. The molecule has 5 heteroatoms. The molecule has 0 amide bonds. The summed E-state index contributed by atoms with van der Waals surface area (Å²) in [6.45, 7) is 0.147. The fourth-order valence-electron chi connectivity index (χ4n) is 1.84. The molecular formula is C17H19FN2O2. The predicted octanol–water partition coefficient (Wildman–Crippen LogP) is 3.31. The van der Waals surface area contributed by atoms with Crippen molar-refractivity contribution in [3.8, 4) is 11.5 Å². The first-order valence-electron chi connectivity index (χ1n) is 6.85. The Balaban J connectivity index is 2.12. The lowest BCUT2D eigenvalue weighted by molar-refractivity contribution is 0.279. The zero-order chi connectivity index (χ0) is 15.9. The molecule has 0 saturated carbocycles. The van der Waals surface area contributed by atoms with E-state index in [-0.39, 0.29) is 12.4 Å². The Kier molecular flexibility index (Phi) is 5.36. The van der Waals surface area contributed by atoms with Crippen molar-refractivity contribution in [3.05, 3.63) is 59.4 Å². The lowest BCUT2D eigenvalue weighted by Crippen LogP contribution is -2.02. The Morgan fingerprint density at radius 2 is 1.91 bits per heavy atom. The van der Waals surface area contributed by atoms with Crippen molar-refractivity contribution >= 4 is 6.21 Å². The first kappa shape index (κ1) is 15.8. The van der Waals surface area contributed by atoms with Gasteiger partial charge in [0.05, 0.1) is 13.3 Å². The lowest BCUT2D eigenvalue weighted by Gasteiger charge is -2.12. The van der Waals surface area contributed by atoms with E-state index in [1.165, 1.54) is 6.07 Å². The summed E-state index contributed by atoms with van der Waals surface area (Å²) in [7, 11) is 5.26. The van der Waals surface area contributed by atoms with E-state index in [9.17, 15) is 4.39 Å². The minimum absolute atomic E-state index is 0.147. The summed E-state index contributed by atoms with van der Waals surface area (Å²) in [6, 6.07) is 12.0. The SMILES string of the molecule is COc1cc(/C=N/N(C)C)ccc1OCc1ccccc1F. The molecule has 0 atom stereocenters. The molecule has 0 aliphatic rings. The molecule has 0 radical (unpaired) electrons. The van der Waals surface area contributed by atoms with Crippen LogP contribution in [0.3, 0.4) is 0 Å². The molecule has 0 saturated heterocycles. The molecule has 2 rings (SSSR count). The zero-order valence-corrected chi connectivity index (χ0v) is 12.9. The summed E-state index contributed by atoms with van der Waals surface area (Å²) in [4.78, 5) is 0. The van der Waals surface area contributed by atoms with Gasteiger partial charge in [-0.25, -0.2) is 4.39 Å². The van der Waals surface area contributed by atoms with Crippen molar-refractivity contribution in [1.82, 2.24) is 5.01 Å². The molecule has 0 aliphatic heterocycles. The fourth-order valence-corrected chi connectivity index (χ4v) is 1.84. The quantitative estimate of drug-likeness (QED) is 0.606. The Morgan fingerprint density at radius 3 is 2.59 bits per heavy atom. The standard InChI is InChI=1S/C17H19FN2O2/c1-20(2)19-11-13-8-9-16(17(10-13)21-3)22-12-14-6-4-5-7-15(14)18/h4-11H,12H2,1-3H3/b19-11+. The molecule has 2 aromatic carbocycles. The van der Waals surface area contributed by atoms with Gasteiger partial charge in [-0.05, 0) is 29.8 Å². The molecule has 0 aliphatic carbocycles. The second kappa shape index (κ2) is 7.45. The third-order valence-electron chi connectivity index (χ3n) is 2.97. The molecule has 0 unspecified atom stereocenters. The second-order valence-corrected chi connectivity index (χ2v) is 4.88. The van der Waals surface area contributed by atoms with Gasteiger partial charge in [0.2, 0.25) is 0 Å². The maximum absolute atomic E-state index is 13.6. The number of hydrogen-bond acceptors (Lipinski definition) is 4. The molecule has 4 nitrogen and oxygen atoms in total. The second-order valence-electron chi connectivity index (χ2n) is 4.88. The van der Waals surface area contributed by atoms with Gasteiger partial charge in [0.1, 0.15) is 12.4 Å². The van der Waals surface area contributed by atoms with Gasteiger partial charge >= 0.3 is 0 Å². The molecule has 0 bridgehead atoms. The summed E-state index contributed by atoms with van der Waals surface area (Å²) in [5.41, 5.74) is 1.39. The van der Waals surface area contributed by atoms with E-state index in [4.69, 9.17) is 9.47 Å². The molecule has 0 heterocycles. The Hall–Kier alpha value is -2.56. The number of hydrazone groups is 1. The average molecular weight is 302 g/mol. The molecule has 22 heavy (non-hydrogen) atoms. The van der Waals surface area contributed by atoms with E-state index in [0.29, 0.717) is 17.1 Å². The molecule has 0 aromatic heterocycles. The number of nitrogens with zero attached hydrogens (tertiary/aromatic N) is 2. The van der Waals surface area contributed by atoms with Gasteiger partial charge in [0.15, 0.2) is 11.5 Å². The monoisotopic (exact) mass is 302 g/mol. The highest BCUT2D eigenvalue weighted by molar-refractivity contribution is 5.80. The summed E-state index contributed by atoms with van der Waals surface area (Å²) in [5.74, 6) is 0.864. The molecule has 0 fully saturated rings. The lowest BCUT2D eigenvalue weighted by atomic mass is 10.2. The van der Waals surface area contributed by atoms with Crippen LogP contribution in [0.15, 0.2) is 47.6 Å². The number of rotatable bonds is 6. The van der Waals surface area contributed by atoms with Crippen molar-refractivity contribution in [2.24, 2.45) is 5.10 Å². The third-order valence-corrected chi connectivity index (χ3v) is 2.97. The number of methoxy groups -OCH3 is 1. The Morgan fingerprint density at radius 1 is 1.14 bits per heavy atom. The number of halogens is 1. The zero-order valence-electron chi connectivity index (χ0n) is 12.9. The average Bonchev–Trinajstić information content (AvgIpc) is 2.52. The van der Waals surface area contributed by atoms with Crippen LogP contribution in [0.5, 0.6) is 11.5 Å². The van der Waals surface area contributed by atoms with Crippen molar-refractivity contribution in [3.63, 3.8) is 0 Å². The summed E-state index contributed by atoms with van der Waals surface area (Å²) < 4.78 is 24.6. The number of benzene rings is 2. The highest BCUT2D eigenvalue weighted by Crippen LogP contribution is 2.28. The van der Waals surface area contributed by atoms with E-state index >= 15 is 0 Å². The van der Waals surface area contributed by atoms with Crippen LogP contribution in [0.1, 0.15) is 11.1 Å². The smallest absolute Gasteiger partial charge is 0.161 e. The van der Waals surface area contributed by atoms with Crippen LogP contribution in [-0.4, -0.2) is 32.4 Å². The molecule has 116 valence electrons. The van der Waals surface area contributed by atoms with Gasteiger partial charge in [-0.3, -0.25) is 0 Å². The van der Waals surface area contributed by atoms with E-state index in [1.807, 2.05) is 26.2 Å². The molecule has 0 spiro atoms. The summed E-state index contributed by atoms with van der Waals surface area (Å²) in [6.07, 6.45) is 1.73. The third kappa shape index (κ3) is 4.22. The largest absolute Gasteiger partial charge is 0.493 e. The van der Waals surface area contributed by atoms with Gasteiger partial charge in [0.25, 0.3) is 0 Å². The predicted molar refractivity (Wildman–Crippen MR) is 85.0 cm³/mol. The van der Waals surface area contributed by atoms with Crippen LogP contribution in [0, 0.1) is 5.82 Å². The Labute approximate surface area is 129 Å². The first-order valence-corrected chi connectivity index (χ1v) is 6.85. The summed E-state index contributed by atoms with van der Waals surface area (Å²) in [5, 5.41) is 5.87. The van der Waals surface area contributed by atoms with Crippen molar-refractivity contribution in [2.45, 2.75) is 6.61 Å². The van der Waals surface area contributed by atoms with E-state index in [1.54, 1.807) is 42.6 Å². The van der Waals surface area contributed by atoms with Crippen LogP contribution in [0.4, 0.5) is 4.39 Å². The number of hydrogen-bond donors (Lipinski definition) is 0. The van der Waals surface area contributed by atoms with Gasteiger partial charge in [-0.1, -0.05) is 18.2 Å². The topological polar surface area (TPSA) is 34.1 Å². The molecule has 2 aromatic rings. The normalized spacial score (nSPS) is 10.7. The maximum Gasteiger partial charge on any atom is 0.161 e. The minimum Gasteiger partial charge on any atom is -0.493 e. The van der Waals surface area contributed by atoms with E-state index in [0.717, 1.165) is 5.56 Å². The fraction of sp³-hybridized carbons (Fsp3) is 0.235. The van der Waals surface area contributed by atoms with Gasteiger partial charge in [0, 0.05) is 19.7 Å². The van der Waals surface area contributed by atoms with Crippen molar-refractivity contribution in [2.75, 3.05) is 21.2 Å². The minimum atomic E-state index is -0.281. The van der Waals surface area contributed by atoms with E-state index < -0.39 is 0 Å². The van der Waals surface area contributed by atoms with E-state index in [2.05, 4.69) is 5.10 Å².